The molecule has 0 rings (SSSR count). The van der Waals surface area contributed by atoms with E-state index in [1.165, 1.54) is 6.08 Å². The molecule has 0 saturated heterocycles. The molecule has 0 aliphatic carbocycles. The maximum absolute atomic E-state index is 11.4. The molecule has 0 spiro atoms. The van der Waals surface area contributed by atoms with E-state index in [4.69, 9.17) is 0 Å². The zero-order valence-corrected chi connectivity index (χ0v) is 5.71. The van der Waals surface area contributed by atoms with Crippen LogP contribution in [0, 0.1) is 0 Å². The highest BCUT2D eigenvalue weighted by Gasteiger charge is 1.96. The van der Waals surface area contributed by atoms with Crippen molar-refractivity contribution in [1.29, 1.82) is 0 Å². The van der Waals surface area contributed by atoms with Crippen LogP contribution in [0.3, 0.4) is 0 Å². The molecule has 0 aromatic carbocycles. The second-order valence-electron chi connectivity index (χ2n) is 1.16. The van der Waals surface area contributed by atoms with Gasteiger partial charge in [-0.2, -0.15) is 8.78 Å². The number of allylic oxidation sites excluding steroid dienone is 2. The average Bonchev–Trinajstić information content (AvgIpc) is 1.67. The summed E-state index contributed by atoms with van der Waals surface area (Å²) in [6.45, 7) is 3.29. The Kier molecular flexibility index (Phi) is 3.69. The molecule has 0 N–H and O–H groups in total. The molecule has 0 aliphatic heterocycles. The first kappa shape index (κ1) is 7.82. The summed E-state index contributed by atoms with van der Waals surface area (Å²) >= 11 is 2.66. The van der Waals surface area contributed by atoms with Gasteiger partial charge in [-0.15, -0.1) is 6.58 Å². The van der Waals surface area contributed by atoms with E-state index in [2.05, 4.69) is 22.5 Å². The lowest BCUT2D eigenvalue weighted by atomic mass is 10.4. The van der Waals surface area contributed by atoms with Crippen LogP contribution in [-0.4, -0.2) is 0 Å². The van der Waals surface area contributed by atoms with E-state index in [1.54, 1.807) is 0 Å². The van der Waals surface area contributed by atoms with E-state index < -0.39 is 6.08 Å². The van der Waals surface area contributed by atoms with Crippen molar-refractivity contribution in [1.82, 2.24) is 0 Å². The fourth-order valence-electron chi connectivity index (χ4n) is 0.204. The maximum atomic E-state index is 11.4. The SMILES string of the molecule is C=CCC(Br)=C(F)F. The van der Waals surface area contributed by atoms with Crippen LogP contribution < -0.4 is 0 Å². The monoisotopic (exact) mass is 182 g/mol. The van der Waals surface area contributed by atoms with Gasteiger partial charge in [0.25, 0.3) is 6.08 Å². The van der Waals surface area contributed by atoms with Gasteiger partial charge in [-0.05, 0) is 15.9 Å². The molecule has 0 aromatic rings. The van der Waals surface area contributed by atoms with Crippen LogP contribution >= 0.6 is 15.9 Å². The van der Waals surface area contributed by atoms with Crippen LogP contribution in [0.2, 0.25) is 0 Å². The average molecular weight is 183 g/mol. The van der Waals surface area contributed by atoms with Crippen molar-refractivity contribution < 1.29 is 8.78 Å². The van der Waals surface area contributed by atoms with Crippen molar-refractivity contribution >= 4 is 15.9 Å². The van der Waals surface area contributed by atoms with E-state index in [-0.39, 0.29) is 10.9 Å². The molecule has 0 radical (unpaired) electrons. The van der Waals surface area contributed by atoms with Crippen LogP contribution in [0.1, 0.15) is 6.42 Å². The normalized spacial score (nSPS) is 8.38. The second kappa shape index (κ2) is 3.78. The van der Waals surface area contributed by atoms with Crippen LogP contribution in [-0.2, 0) is 0 Å². The van der Waals surface area contributed by atoms with Crippen LogP contribution in [0.4, 0.5) is 8.78 Å². The summed E-state index contributed by atoms with van der Waals surface area (Å²) in [5.74, 6) is 0. The molecular formula is C5H5BrF2. The fourth-order valence-corrected chi connectivity index (χ4v) is 0.433. The molecular weight excluding hydrogens is 178 g/mol. The lowest BCUT2D eigenvalue weighted by molar-refractivity contribution is 0.417. The first-order valence-corrected chi connectivity index (χ1v) is 2.78. The maximum Gasteiger partial charge on any atom is 0.280 e. The summed E-state index contributed by atoms with van der Waals surface area (Å²) in [7, 11) is 0. The van der Waals surface area contributed by atoms with Gasteiger partial charge in [0.1, 0.15) is 0 Å². The predicted molar refractivity (Wildman–Crippen MR) is 33.0 cm³/mol. The lowest BCUT2D eigenvalue weighted by Gasteiger charge is -1.86. The summed E-state index contributed by atoms with van der Waals surface area (Å²) in [5.41, 5.74) is 0. The molecule has 46 valence electrons. The molecule has 0 atom stereocenters. The van der Waals surface area contributed by atoms with Gasteiger partial charge in [-0.1, -0.05) is 6.08 Å². The highest BCUT2D eigenvalue weighted by molar-refractivity contribution is 9.11. The Hall–Kier alpha value is -0.180. The molecule has 0 aromatic heterocycles. The van der Waals surface area contributed by atoms with Crippen molar-refractivity contribution in [3.8, 4) is 0 Å². The van der Waals surface area contributed by atoms with Gasteiger partial charge in [0, 0.05) is 6.42 Å². The predicted octanol–water partition coefficient (Wildman–Crippen LogP) is 3.07. The highest BCUT2D eigenvalue weighted by atomic mass is 79.9. The van der Waals surface area contributed by atoms with Crippen molar-refractivity contribution in [2.24, 2.45) is 0 Å². The topological polar surface area (TPSA) is 0 Å². The smallest absolute Gasteiger partial charge is 0.172 e. The van der Waals surface area contributed by atoms with Crippen molar-refractivity contribution in [3.63, 3.8) is 0 Å². The molecule has 0 nitrogen and oxygen atoms in total. The summed E-state index contributed by atoms with van der Waals surface area (Å²) < 4.78 is 22.7. The Morgan fingerprint density at radius 3 is 2.25 bits per heavy atom. The van der Waals surface area contributed by atoms with Gasteiger partial charge < -0.3 is 0 Å². The minimum absolute atomic E-state index is 0.0903. The van der Waals surface area contributed by atoms with E-state index in [9.17, 15) is 8.78 Å². The summed E-state index contributed by atoms with van der Waals surface area (Å²) in [6.07, 6.45) is -0.0733. The molecule has 0 saturated carbocycles. The number of hydrogen-bond donors (Lipinski definition) is 0. The molecule has 0 unspecified atom stereocenters. The number of rotatable bonds is 2. The van der Waals surface area contributed by atoms with E-state index >= 15 is 0 Å². The van der Waals surface area contributed by atoms with Gasteiger partial charge >= 0.3 is 0 Å². The lowest BCUT2D eigenvalue weighted by Crippen LogP contribution is -1.67. The molecule has 0 bridgehead atoms. The van der Waals surface area contributed by atoms with Gasteiger partial charge in [0.05, 0.1) is 4.48 Å². The van der Waals surface area contributed by atoms with Crippen molar-refractivity contribution in [3.05, 3.63) is 23.2 Å². The molecule has 0 fully saturated rings. The fraction of sp³-hybridized carbons (Fsp3) is 0.200. The Balaban J connectivity index is 3.79. The van der Waals surface area contributed by atoms with Gasteiger partial charge in [-0.25, -0.2) is 0 Å². The highest BCUT2D eigenvalue weighted by Crippen LogP contribution is 2.17. The quantitative estimate of drug-likeness (QED) is 0.577. The Morgan fingerprint density at radius 1 is 1.62 bits per heavy atom. The van der Waals surface area contributed by atoms with Crippen LogP contribution in [0.25, 0.3) is 0 Å². The van der Waals surface area contributed by atoms with E-state index in [1.807, 2.05) is 0 Å². The number of hydrogen-bond acceptors (Lipinski definition) is 0. The first-order chi connectivity index (χ1) is 3.68. The molecule has 8 heavy (non-hydrogen) atoms. The summed E-state index contributed by atoms with van der Waals surface area (Å²) in [6, 6.07) is 0. The van der Waals surface area contributed by atoms with Crippen LogP contribution in [0.5, 0.6) is 0 Å². The minimum atomic E-state index is -1.68. The molecule has 3 heteroatoms. The third-order valence-electron chi connectivity index (χ3n) is 0.529. The standard InChI is InChI=1S/C5H5BrF2/c1-2-3-4(6)5(7)8/h2H,1,3H2. The zero-order chi connectivity index (χ0) is 6.57. The first-order valence-electron chi connectivity index (χ1n) is 1.99. The summed E-state index contributed by atoms with van der Waals surface area (Å²) in [4.78, 5) is 0. The third-order valence-corrected chi connectivity index (χ3v) is 1.15. The third kappa shape index (κ3) is 2.91. The summed E-state index contributed by atoms with van der Waals surface area (Å²) in [5, 5.41) is 0. The Bertz CT molecular complexity index is 114. The molecule has 0 amide bonds. The van der Waals surface area contributed by atoms with Gasteiger partial charge in [0.2, 0.25) is 0 Å². The van der Waals surface area contributed by atoms with Crippen LogP contribution in [0.15, 0.2) is 23.2 Å². The molecule has 0 aliphatic rings. The second-order valence-corrected chi connectivity index (χ2v) is 2.12. The van der Waals surface area contributed by atoms with E-state index in [0.29, 0.717) is 0 Å². The largest absolute Gasteiger partial charge is 0.280 e. The zero-order valence-electron chi connectivity index (χ0n) is 4.13. The Labute approximate surface area is 55.0 Å². The van der Waals surface area contributed by atoms with Crippen molar-refractivity contribution in [2.45, 2.75) is 6.42 Å². The molecule has 0 heterocycles. The van der Waals surface area contributed by atoms with Gasteiger partial charge in [-0.3, -0.25) is 0 Å². The van der Waals surface area contributed by atoms with Gasteiger partial charge in [0.15, 0.2) is 0 Å². The Morgan fingerprint density at radius 2 is 2.12 bits per heavy atom. The van der Waals surface area contributed by atoms with Crippen molar-refractivity contribution in [2.75, 3.05) is 0 Å². The van der Waals surface area contributed by atoms with E-state index in [0.717, 1.165) is 0 Å². The number of halogens is 3. The minimum Gasteiger partial charge on any atom is -0.172 e.